The summed E-state index contributed by atoms with van der Waals surface area (Å²) in [5.41, 5.74) is 2.02. The van der Waals surface area contributed by atoms with Crippen molar-refractivity contribution in [2.45, 2.75) is 19.8 Å². The van der Waals surface area contributed by atoms with Crippen LogP contribution >= 0.6 is 0 Å². The summed E-state index contributed by atoms with van der Waals surface area (Å²) < 4.78 is 0. The van der Waals surface area contributed by atoms with Gasteiger partial charge in [-0.15, -0.1) is 0 Å². The summed E-state index contributed by atoms with van der Waals surface area (Å²) in [5.74, 6) is 0.302. The van der Waals surface area contributed by atoms with Crippen LogP contribution in [-0.4, -0.2) is 5.78 Å². The van der Waals surface area contributed by atoms with E-state index in [-0.39, 0.29) is 11.7 Å². The minimum Gasteiger partial charge on any atom is -0.294 e. The van der Waals surface area contributed by atoms with Crippen molar-refractivity contribution in [3.8, 4) is 0 Å². The van der Waals surface area contributed by atoms with Crippen molar-refractivity contribution in [2.24, 2.45) is 5.92 Å². The molecule has 1 heteroatoms. The van der Waals surface area contributed by atoms with Gasteiger partial charge in [-0.3, -0.25) is 4.79 Å². The molecule has 0 heterocycles. The van der Waals surface area contributed by atoms with Gasteiger partial charge >= 0.3 is 0 Å². The Hall–Kier alpha value is -2.15. The fraction of sp³-hybridized carbons (Fsp3) is 0.211. The molecule has 1 atom stereocenters. The average Bonchev–Trinajstić information content (AvgIpc) is 2.52. The molecule has 0 N–H and O–H groups in total. The number of ketones is 1. The van der Waals surface area contributed by atoms with Crippen LogP contribution in [0.3, 0.4) is 0 Å². The maximum absolute atomic E-state index is 12.2. The highest BCUT2D eigenvalue weighted by Gasteiger charge is 2.13. The fourth-order valence-electron chi connectivity index (χ4n) is 2.15. The van der Waals surface area contributed by atoms with Gasteiger partial charge in [0.25, 0.3) is 0 Å². The maximum atomic E-state index is 12.2. The number of allylic oxidation sites excluding steroid dienone is 1. The number of hydrogen-bond donors (Lipinski definition) is 0. The van der Waals surface area contributed by atoms with Gasteiger partial charge in [0, 0.05) is 11.5 Å². The normalized spacial score (nSPS) is 12.4. The van der Waals surface area contributed by atoms with Crippen molar-refractivity contribution in [2.75, 3.05) is 0 Å². The van der Waals surface area contributed by atoms with Crippen molar-refractivity contribution in [1.82, 2.24) is 0 Å². The Bertz CT molecular complexity index is 555. The number of hydrogen-bond acceptors (Lipinski definition) is 1. The lowest BCUT2D eigenvalue weighted by molar-refractivity contribution is 0.0925. The van der Waals surface area contributed by atoms with Gasteiger partial charge in [-0.25, -0.2) is 0 Å². The summed E-state index contributed by atoms with van der Waals surface area (Å²) in [6, 6.07) is 19.8. The number of benzene rings is 2. The van der Waals surface area contributed by atoms with Crippen LogP contribution < -0.4 is 0 Å². The molecule has 0 aliphatic rings. The first kappa shape index (κ1) is 14.3. The largest absolute Gasteiger partial charge is 0.294 e. The molecule has 102 valence electrons. The van der Waals surface area contributed by atoms with Crippen LogP contribution in [0.5, 0.6) is 0 Å². The molecule has 0 fully saturated rings. The van der Waals surface area contributed by atoms with E-state index in [0.29, 0.717) is 0 Å². The number of rotatable bonds is 6. The topological polar surface area (TPSA) is 17.1 Å². The molecule has 20 heavy (non-hydrogen) atoms. The Labute approximate surface area is 121 Å². The Balaban J connectivity index is 1.82. The lowest BCUT2D eigenvalue weighted by atomic mass is 9.95. The smallest absolute Gasteiger partial charge is 0.165 e. The van der Waals surface area contributed by atoms with Gasteiger partial charge in [-0.1, -0.05) is 79.7 Å². The Morgan fingerprint density at radius 3 is 2.25 bits per heavy atom. The lowest BCUT2D eigenvalue weighted by Crippen LogP contribution is -2.10. The number of carbonyl (C=O) groups excluding carboxylic acids is 1. The van der Waals surface area contributed by atoms with Crippen LogP contribution in [0.4, 0.5) is 0 Å². The molecular weight excluding hydrogens is 244 g/mol. The molecule has 0 aliphatic heterocycles. The van der Waals surface area contributed by atoms with Crippen molar-refractivity contribution in [3.63, 3.8) is 0 Å². The first-order valence-electron chi connectivity index (χ1n) is 7.08. The Kier molecular flexibility index (Phi) is 5.31. The van der Waals surface area contributed by atoms with Crippen LogP contribution in [0, 0.1) is 5.92 Å². The summed E-state index contributed by atoms with van der Waals surface area (Å²) in [4.78, 5) is 12.2. The molecule has 2 aromatic carbocycles. The highest BCUT2D eigenvalue weighted by Crippen LogP contribution is 2.14. The van der Waals surface area contributed by atoms with Crippen LogP contribution in [0.15, 0.2) is 66.7 Å². The van der Waals surface area contributed by atoms with Crippen molar-refractivity contribution >= 4 is 11.9 Å². The predicted molar refractivity (Wildman–Crippen MR) is 84.6 cm³/mol. The third-order valence-electron chi connectivity index (χ3n) is 3.38. The second kappa shape index (κ2) is 7.44. The molecule has 2 aromatic rings. The first-order chi connectivity index (χ1) is 9.77. The third kappa shape index (κ3) is 4.20. The summed E-state index contributed by atoms with van der Waals surface area (Å²) in [5, 5.41) is 0. The number of carbonyl (C=O) groups is 1. The Morgan fingerprint density at radius 1 is 1.00 bits per heavy atom. The molecule has 0 aromatic heterocycles. The molecule has 0 saturated carbocycles. The summed E-state index contributed by atoms with van der Waals surface area (Å²) in [6.45, 7) is 2.01. The molecule has 2 rings (SSSR count). The van der Waals surface area contributed by atoms with E-state index in [1.807, 2.05) is 55.5 Å². The van der Waals surface area contributed by atoms with Crippen molar-refractivity contribution in [1.29, 1.82) is 0 Å². The predicted octanol–water partition coefficient (Wildman–Crippen LogP) is 5.00. The van der Waals surface area contributed by atoms with E-state index in [2.05, 4.69) is 24.3 Å². The molecule has 0 spiro atoms. The van der Waals surface area contributed by atoms with Gasteiger partial charge in [0.1, 0.15) is 0 Å². The minimum absolute atomic E-state index is 0.0674. The van der Waals surface area contributed by atoms with E-state index in [1.165, 1.54) is 5.56 Å². The molecule has 0 amide bonds. The van der Waals surface area contributed by atoms with E-state index < -0.39 is 0 Å². The molecule has 1 nitrogen and oxygen atoms in total. The Morgan fingerprint density at radius 2 is 1.60 bits per heavy atom. The zero-order valence-corrected chi connectivity index (χ0v) is 11.8. The van der Waals surface area contributed by atoms with Crippen LogP contribution in [0.2, 0.25) is 0 Å². The van der Waals surface area contributed by atoms with Gasteiger partial charge in [-0.2, -0.15) is 0 Å². The quantitative estimate of drug-likeness (QED) is 0.671. The SMILES string of the molecule is CC(CC/C=C/c1ccccc1)C(=O)c1ccccc1. The average molecular weight is 264 g/mol. The standard InChI is InChI=1S/C19H20O/c1-16(19(20)18-14-6-3-7-15-18)10-8-9-13-17-11-4-2-5-12-17/h2-7,9,11-16H,8,10H2,1H3/b13-9+. The van der Waals surface area contributed by atoms with Gasteiger partial charge in [0.2, 0.25) is 0 Å². The second-order valence-corrected chi connectivity index (χ2v) is 5.02. The molecule has 0 radical (unpaired) electrons. The van der Waals surface area contributed by atoms with E-state index >= 15 is 0 Å². The van der Waals surface area contributed by atoms with E-state index in [1.54, 1.807) is 0 Å². The summed E-state index contributed by atoms with van der Waals surface area (Å²) in [6.07, 6.45) is 6.06. The summed E-state index contributed by atoms with van der Waals surface area (Å²) in [7, 11) is 0. The molecular formula is C19H20O. The maximum Gasteiger partial charge on any atom is 0.165 e. The van der Waals surface area contributed by atoms with E-state index in [0.717, 1.165) is 18.4 Å². The highest BCUT2D eigenvalue weighted by molar-refractivity contribution is 5.97. The van der Waals surface area contributed by atoms with Gasteiger partial charge in [0.05, 0.1) is 0 Å². The molecule has 1 unspecified atom stereocenters. The van der Waals surface area contributed by atoms with E-state index in [4.69, 9.17) is 0 Å². The monoisotopic (exact) mass is 264 g/mol. The zero-order chi connectivity index (χ0) is 14.2. The van der Waals surface area contributed by atoms with Gasteiger partial charge in [0.15, 0.2) is 5.78 Å². The molecule has 0 saturated heterocycles. The lowest BCUT2D eigenvalue weighted by Gasteiger charge is -2.08. The van der Waals surface area contributed by atoms with Crippen molar-refractivity contribution < 1.29 is 4.79 Å². The van der Waals surface area contributed by atoms with Gasteiger partial charge < -0.3 is 0 Å². The van der Waals surface area contributed by atoms with E-state index in [9.17, 15) is 4.79 Å². The van der Waals surface area contributed by atoms with Crippen LogP contribution in [0.25, 0.3) is 6.08 Å². The second-order valence-electron chi connectivity index (χ2n) is 5.02. The zero-order valence-electron chi connectivity index (χ0n) is 11.8. The van der Waals surface area contributed by atoms with Crippen molar-refractivity contribution in [3.05, 3.63) is 77.9 Å². The van der Waals surface area contributed by atoms with Crippen LogP contribution in [-0.2, 0) is 0 Å². The highest BCUT2D eigenvalue weighted by atomic mass is 16.1. The fourth-order valence-corrected chi connectivity index (χ4v) is 2.15. The minimum atomic E-state index is 0.0674. The number of Topliss-reactive ketones (excluding diaryl/α,β-unsaturated/α-hetero) is 1. The summed E-state index contributed by atoms with van der Waals surface area (Å²) >= 11 is 0. The first-order valence-corrected chi connectivity index (χ1v) is 7.08. The van der Waals surface area contributed by atoms with Crippen LogP contribution in [0.1, 0.15) is 35.7 Å². The molecule has 0 aliphatic carbocycles. The third-order valence-corrected chi connectivity index (χ3v) is 3.38. The van der Waals surface area contributed by atoms with Gasteiger partial charge in [-0.05, 0) is 18.4 Å². The molecule has 0 bridgehead atoms.